The Bertz CT molecular complexity index is 638. The van der Waals surface area contributed by atoms with E-state index in [1.165, 1.54) is 17.8 Å². The van der Waals surface area contributed by atoms with E-state index in [-0.39, 0.29) is 5.69 Å². The van der Waals surface area contributed by atoms with Crippen molar-refractivity contribution < 1.29 is 18.0 Å². The van der Waals surface area contributed by atoms with Gasteiger partial charge in [-0.2, -0.15) is 13.2 Å². The van der Waals surface area contributed by atoms with E-state index < -0.39 is 12.1 Å². The normalized spacial score (nSPS) is 11.2. The zero-order chi connectivity index (χ0) is 15.5. The summed E-state index contributed by atoms with van der Waals surface area (Å²) in [6.07, 6.45) is -4.90. The number of nitrogens with one attached hydrogen (secondary N) is 1. The van der Waals surface area contributed by atoms with Crippen LogP contribution in [0.2, 0.25) is 0 Å². The van der Waals surface area contributed by atoms with Gasteiger partial charge in [-0.3, -0.25) is 4.79 Å². The molecule has 21 heavy (non-hydrogen) atoms. The second-order valence-corrected chi connectivity index (χ2v) is 5.48. The van der Waals surface area contributed by atoms with Crippen LogP contribution in [0.3, 0.4) is 0 Å². The Hall–Kier alpha value is -1.95. The van der Waals surface area contributed by atoms with Crippen LogP contribution in [0.25, 0.3) is 0 Å². The van der Waals surface area contributed by atoms with Gasteiger partial charge in [0.15, 0.2) is 0 Å². The van der Waals surface area contributed by atoms with Crippen molar-refractivity contribution in [2.45, 2.75) is 22.9 Å². The van der Waals surface area contributed by atoms with Gasteiger partial charge in [-0.05, 0) is 31.2 Å². The molecule has 0 atom stereocenters. The summed E-state index contributed by atoms with van der Waals surface area (Å²) < 4.78 is 37.0. The maximum atomic E-state index is 12.3. The molecule has 0 bridgehead atoms. The Morgan fingerprint density at radius 1 is 1.05 bits per heavy atom. The van der Waals surface area contributed by atoms with E-state index in [9.17, 15) is 18.0 Å². The predicted molar refractivity (Wildman–Crippen MR) is 76.4 cm³/mol. The van der Waals surface area contributed by atoms with Gasteiger partial charge >= 0.3 is 12.1 Å². The number of benzene rings is 2. The van der Waals surface area contributed by atoms with E-state index in [0.29, 0.717) is 4.90 Å². The van der Waals surface area contributed by atoms with Gasteiger partial charge in [-0.25, -0.2) is 0 Å². The summed E-state index contributed by atoms with van der Waals surface area (Å²) >= 11 is 1.29. The van der Waals surface area contributed by atoms with Gasteiger partial charge in [0, 0.05) is 9.79 Å². The highest BCUT2D eigenvalue weighted by Crippen LogP contribution is 2.34. The Kier molecular flexibility index (Phi) is 4.57. The molecule has 0 aliphatic heterocycles. The van der Waals surface area contributed by atoms with Gasteiger partial charge in [-0.1, -0.05) is 41.6 Å². The molecule has 0 heterocycles. The molecule has 110 valence electrons. The van der Waals surface area contributed by atoms with E-state index in [2.05, 4.69) is 0 Å². The minimum Gasteiger partial charge on any atom is -0.317 e. The van der Waals surface area contributed by atoms with Gasteiger partial charge in [0.1, 0.15) is 0 Å². The largest absolute Gasteiger partial charge is 0.471 e. The summed E-state index contributed by atoms with van der Waals surface area (Å²) in [6, 6.07) is 14.0. The molecule has 6 heteroatoms. The third-order valence-corrected chi connectivity index (χ3v) is 3.73. The van der Waals surface area contributed by atoms with Gasteiger partial charge in [-0.15, -0.1) is 0 Å². The fourth-order valence-electron chi connectivity index (χ4n) is 1.59. The van der Waals surface area contributed by atoms with Crippen molar-refractivity contribution in [3.05, 3.63) is 54.1 Å². The average Bonchev–Trinajstić information content (AvgIpc) is 2.42. The fraction of sp³-hybridized carbons (Fsp3) is 0.133. The molecule has 0 aliphatic carbocycles. The molecular formula is C15H12F3NOS. The third-order valence-electron chi connectivity index (χ3n) is 2.64. The average molecular weight is 311 g/mol. The van der Waals surface area contributed by atoms with E-state index >= 15 is 0 Å². The fourth-order valence-corrected chi connectivity index (χ4v) is 2.49. The lowest BCUT2D eigenvalue weighted by atomic mass is 10.2. The number of hydrogen-bond acceptors (Lipinski definition) is 2. The van der Waals surface area contributed by atoms with Crippen molar-refractivity contribution in [2.24, 2.45) is 0 Å². The van der Waals surface area contributed by atoms with Crippen molar-refractivity contribution in [1.29, 1.82) is 0 Å². The Balaban J connectivity index is 2.21. The highest BCUT2D eigenvalue weighted by molar-refractivity contribution is 7.99. The third kappa shape index (κ3) is 4.26. The molecule has 0 unspecified atom stereocenters. The first-order valence-corrected chi connectivity index (χ1v) is 6.89. The van der Waals surface area contributed by atoms with Crippen molar-refractivity contribution in [2.75, 3.05) is 5.32 Å². The number of alkyl halides is 3. The van der Waals surface area contributed by atoms with Crippen molar-refractivity contribution >= 4 is 23.4 Å². The van der Waals surface area contributed by atoms with Crippen LogP contribution in [-0.2, 0) is 4.79 Å². The first-order chi connectivity index (χ1) is 9.86. The number of para-hydroxylation sites is 1. The molecular weight excluding hydrogens is 299 g/mol. The first-order valence-electron chi connectivity index (χ1n) is 6.08. The Labute approximate surface area is 124 Å². The quantitative estimate of drug-likeness (QED) is 0.894. The lowest BCUT2D eigenvalue weighted by Gasteiger charge is -2.12. The van der Waals surface area contributed by atoms with Crippen LogP contribution >= 0.6 is 11.8 Å². The van der Waals surface area contributed by atoms with E-state index in [1.54, 1.807) is 18.2 Å². The summed E-state index contributed by atoms with van der Waals surface area (Å²) in [5, 5.41) is 1.90. The molecule has 0 aromatic heterocycles. The number of carbonyl (C=O) groups is 1. The van der Waals surface area contributed by atoms with Crippen molar-refractivity contribution in [1.82, 2.24) is 0 Å². The Morgan fingerprint density at radius 2 is 1.67 bits per heavy atom. The number of amides is 1. The summed E-state index contributed by atoms with van der Waals surface area (Å²) in [5.41, 5.74) is 1.24. The SMILES string of the molecule is Cc1ccc(Sc2ccccc2NC(=O)C(F)(F)F)cc1. The smallest absolute Gasteiger partial charge is 0.317 e. The molecule has 2 aromatic rings. The molecule has 1 amide bonds. The number of rotatable bonds is 3. The lowest BCUT2D eigenvalue weighted by Crippen LogP contribution is -2.30. The Morgan fingerprint density at radius 3 is 2.29 bits per heavy atom. The molecule has 0 spiro atoms. The van der Waals surface area contributed by atoms with Gasteiger partial charge in [0.25, 0.3) is 0 Å². The standard InChI is InChI=1S/C15H12F3NOS/c1-10-6-8-11(9-7-10)21-13-5-3-2-4-12(13)19-14(20)15(16,17)18/h2-9H,1H3,(H,19,20). The molecule has 0 fully saturated rings. The van der Waals surface area contributed by atoms with E-state index in [1.807, 2.05) is 36.5 Å². The lowest BCUT2D eigenvalue weighted by molar-refractivity contribution is -0.167. The molecule has 2 rings (SSSR count). The summed E-state index contributed by atoms with van der Waals surface area (Å²) in [6.45, 7) is 1.95. The maximum Gasteiger partial charge on any atom is 0.471 e. The van der Waals surface area contributed by atoms with Crippen LogP contribution in [0.5, 0.6) is 0 Å². The van der Waals surface area contributed by atoms with Crippen molar-refractivity contribution in [3.63, 3.8) is 0 Å². The predicted octanol–water partition coefficient (Wildman–Crippen LogP) is 4.65. The van der Waals surface area contributed by atoms with Crippen LogP contribution < -0.4 is 5.32 Å². The van der Waals surface area contributed by atoms with Gasteiger partial charge in [0.2, 0.25) is 0 Å². The minimum absolute atomic E-state index is 0.144. The van der Waals surface area contributed by atoms with Crippen molar-refractivity contribution in [3.8, 4) is 0 Å². The number of aryl methyl sites for hydroxylation is 1. The van der Waals surface area contributed by atoms with E-state index in [0.717, 1.165) is 10.5 Å². The number of hydrogen-bond donors (Lipinski definition) is 1. The first kappa shape index (κ1) is 15.4. The zero-order valence-electron chi connectivity index (χ0n) is 11.1. The molecule has 0 radical (unpaired) electrons. The summed E-state index contributed by atoms with van der Waals surface area (Å²) in [5.74, 6) is -1.97. The summed E-state index contributed by atoms with van der Waals surface area (Å²) in [7, 11) is 0. The number of carbonyl (C=O) groups excluding carboxylic acids is 1. The van der Waals surface area contributed by atoms with Gasteiger partial charge in [0.05, 0.1) is 5.69 Å². The second kappa shape index (κ2) is 6.22. The van der Waals surface area contributed by atoms with Crippen LogP contribution in [0.1, 0.15) is 5.56 Å². The molecule has 0 aliphatic rings. The second-order valence-electron chi connectivity index (χ2n) is 4.36. The summed E-state index contributed by atoms with van der Waals surface area (Å²) in [4.78, 5) is 12.5. The molecule has 2 aromatic carbocycles. The van der Waals surface area contributed by atoms with Crippen LogP contribution in [0.15, 0.2) is 58.3 Å². The molecule has 0 saturated carbocycles. The van der Waals surface area contributed by atoms with Gasteiger partial charge < -0.3 is 5.32 Å². The maximum absolute atomic E-state index is 12.3. The molecule has 2 nitrogen and oxygen atoms in total. The highest BCUT2D eigenvalue weighted by Gasteiger charge is 2.38. The monoisotopic (exact) mass is 311 g/mol. The number of halogens is 3. The topological polar surface area (TPSA) is 29.1 Å². The minimum atomic E-state index is -4.90. The highest BCUT2D eigenvalue weighted by atomic mass is 32.2. The van der Waals surface area contributed by atoms with Crippen LogP contribution in [0.4, 0.5) is 18.9 Å². The van der Waals surface area contributed by atoms with Crippen LogP contribution in [0, 0.1) is 6.92 Å². The molecule has 1 N–H and O–H groups in total. The zero-order valence-corrected chi connectivity index (χ0v) is 11.9. The van der Waals surface area contributed by atoms with E-state index in [4.69, 9.17) is 0 Å². The van der Waals surface area contributed by atoms with Crippen LogP contribution in [-0.4, -0.2) is 12.1 Å². The molecule has 0 saturated heterocycles. The number of anilines is 1.